The van der Waals surface area contributed by atoms with E-state index in [9.17, 15) is 10.1 Å². The number of hydrogen-bond acceptors (Lipinski definition) is 9. The SMILES string of the molecule is CC(C)C(=O)N1CCN(c2cc(SNC3(C)CC3)cn3c(C(=N)SC(=N)C4(C#N)CC4)nc(Cl)c23)CC1. The van der Waals surface area contributed by atoms with E-state index in [-0.39, 0.29) is 27.5 Å². The van der Waals surface area contributed by atoms with Crippen LogP contribution in [0.2, 0.25) is 5.15 Å². The van der Waals surface area contributed by atoms with Crippen molar-refractivity contribution in [3.8, 4) is 6.07 Å². The van der Waals surface area contributed by atoms with E-state index < -0.39 is 5.41 Å². The molecule has 3 N–H and O–H groups in total. The van der Waals surface area contributed by atoms with Crippen LogP contribution in [0, 0.1) is 33.5 Å². The lowest BCUT2D eigenvalue weighted by molar-refractivity contribution is -0.134. The normalized spacial score (nSPS) is 19.7. The van der Waals surface area contributed by atoms with Crippen molar-refractivity contribution in [2.75, 3.05) is 31.1 Å². The Hall–Kier alpha value is -2.26. The molecule has 0 radical (unpaired) electrons. The molecule has 1 amide bonds. The summed E-state index contributed by atoms with van der Waals surface area (Å²) in [6, 6.07) is 4.33. The molecule has 0 atom stereocenters. The van der Waals surface area contributed by atoms with E-state index in [1.54, 1.807) is 11.9 Å². The van der Waals surface area contributed by atoms with Gasteiger partial charge in [-0.3, -0.25) is 24.7 Å². The number of fused-ring (bicyclic) bond motifs is 1. The first kappa shape index (κ1) is 26.4. The maximum Gasteiger partial charge on any atom is 0.225 e. The van der Waals surface area contributed by atoms with Crippen LogP contribution in [0.5, 0.6) is 0 Å². The zero-order valence-corrected chi connectivity index (χ0v) is 23.6. The Kier molecular flexibility index (Phi) is 6.98. The number of nitrogens with one attached hydrogen (secondary N) is 3. The highest BCUT2D eigenvalue weighted by Crippen LogP contribution is 2.49. The Bertz CT molecular complexity index is 1320. The summed E-state index contributed by atoms with van der Waals surface area (Å²) in [5, 5.41) is 27.2. The second-order valence-corrected chi connectivity index (χ2v) is 13.0. The maximum atomic E-state index is 12.5. The van der Waals surface area contributed by atoms with Crippen molar-refractivity contribution in [2.24, 2.45) is 11.3 Å². The molecule has 0 spiro atoms. The molecule has 9 nitrogen and oxygen atoms in total. The predicted octanol–water partition coefficient (Wildman–Crippen LogP) is 4.78. The van der Waals surface area contributed by atoms with Crippen molar-refractivity contribution >= 4 is 62.5 Å². The molecule has 0 bridgehead atoms. The molecule has 2 aromatic rings. The summed E-state index contributed by atoms with van der Waals surface area (Å²) in [4.78, 5) is 22.2. The molecule has 2 saturated carbocycles. The number of piperazine rings is 1. The number of thioether (sulfide) groups is 1. The van der Waals surface area contributed by atoms with Gasteiger partial charge in [0.25, 0.3) is 0 Å². The smallest absolute Gasteiger partial charge is 0.225 e. The van der Waals surface area contributed by atoms with Crippen LogP contribution in [-0.2, 0) is 4.79 Å². The summed E-state index contributed by atoms with van der Waals surface area (Å²) in [7, 11) is 0. The fourth-order valence-electron chi connectivity index (χ4n) is 4.35. The lowest BCUT2D eigenvalue weighted by Crippen LogP contribution is -2.50. The molecule has 0 aromatic carbocycles. The molecule has 3 aliphatic rings. The molecule has 12 heteroatoms. The van der Waals surface area contributed by atoms with Crippen LogP contribution in [-0.4, -0.2) is 62.0 Å². The summed E-state index contributed by atoms with van der Waals surface area (Å²) in [6.45, 7) is 8.66. The lowest BCUT2D eigenvalue weighted by Gasteiger charge is -2.37. The maximum absolute atomic E-state index is 12.5. The van der Waals surface area contributed by atoms with Gasteiger partial charge in [-0.15, -0.1) is 0 Å². The number of aromatic nitrogens is 2. The van der Waals surface area contributed by atoms with Crippen LogP contribution in [0.3, 0.4) is 0 Å². The summed E-state index contributed by atoms with van der Waals surface area (Å²) < 4.78 is 5.40. The van der Waals surface area contributed by atoms with Crippen molar-refractivity contribution in [2.45, 2.75) is 56.9 Å². The van der Waals surface area contributed by atoms with Crippen molar-refractivity contribution < 1.29 is 4.79 Å². The number of carbonyl (C=O) groups excluding carboxylic acids is 1. The zero-order chi connectivity index (χ0) is 26.5. The van der Waals surface area contributed by atoms with Gasteiger partial charge in [-0.2, -0.15) is 5.26 Å². The van der Waals surface area contributed by atoms with Gasteiger partial charge in [-0.25, -0.2) is 4.98 Å². The third-order valence-electron chi connectivity index (χ3n) is 7.29. The molecule has 37 heavy (non-hydrogen) atoms. The van der Waals surface area contributed by atoms with E-state index in [2.05, 4.69) is 33.7 Å². The predicted molar refractivity (Wildman–Crippen MR) is 150 cm³/mol. The second-order valence-electron chi connectivity index (χ2n) is 10.7. The van der Waals surface area contributed by atoms with Crippen LogP contribution in [0.25, 0.3) is 5.52 Å². The van der Waals surface area contributed by atoms with E-state index >= 15 is 0 Å². The van der Waals surface area contributed by atoms with Gasteiger partial charge >= 0.3 is 0 Å². The highest BCUT2D eigenvalue weighted by molar-refractivity contribution is 8.26. The second kappa shape index (κ2) is 9.80. The van der Waals surface area contributed by atoms with Gasteiger partial charge in [-0.05, 0) is 50.6 Å². The average Bonchev–Trinajstić information content (AvgIpc) is 3.81. The molecule has 2 aliphatic carbocycles. The number of halogens is 1. The molecule has 196 valence electrons. The number of hydrogen-bond donors (Lipinski definition) is 3. The van der Waals surface area contributed by atoms with Crippen molar-refractivity contribution in [1.29, 1.82) is 16.1 Å². The summed E-state index contributed by atoms with van der Waals surface area (Å²) in [5.74, 6) is 0.496. The largest absolute Gasteiger partial charge is 0.366 e. The molecule has 1 aliphatic heterocycles. The number of carbonyl (C=O) groups is 1. The molecule has 3 fully saturated rings. The van der Waals surface area contributed by atoms with Gasteiger partial charge < -0.3 is 9.80 Å². The van der Waals surface area contributed by atoms with Crippen molar-refractivity contribution in [1.82, 2.24) is 19.0 Å². The zero-order valence-electron chi connectivity index (χ0n) is 21.2. The van der Waals surface area contributed by atoms with Crippen LogP contribution < -0.4 is 9.62 Å². The van der Waals surface area contributed by atoms with Gasteiger partial charge in [0.05, 0.1) is 16.8 Å². The number of anilines is 1. The molecule has 3 heterocycles. The average molecular weight is 559 g/mol. The lowest BCUT2D eigenvalue weighted by atomic mass is 10.1. The molecule has 5 rings (SSSR count). The molecule has 0 unspecified atom stereocenters. The first-order valence-electron chi connectivity index (χ1n) is 12.5. The van der Waals surface area contributed by atoms with Crippen LogP contribution in [0.15, 0.2) is 17.2 Å². The standard InChI is InChI=1S/C25H31ClN8OS2/c1-15(2)22(35)33-10-8-32(9-11-33)17-12-16(37-31-24(3)4-5-24)13-34-18(17)19(26)30-21(34)20(28)36-23(29)25(14-27)6-7-25/h12-13,15,28-29,31H,4-11H2,1-3H3. The van der Waals surface area contributed by atoms with Crippen LogP contribution >= 0.6 is 35.3 Å². The first-order valence-corrected chi connectivity index (χ1v) is 14.5. The minimum absolute atomic E-state index is 0.0299. The Morgan fingerprint density at radius 2 is 1.89 bits per heavy atom. The summed E-state index contributed by atoms with van der Waals surface area (Å²) >= 11 is 9.22. The van der Waals surface area contributed by atoms with Gasteiger partial charge in [0.15, 0.2) is 11.0 Å². The quantitative estimate of drug-likeness (QED) is 0.254. The van der Waals surface area contributed by atoms with Gasteiger partial charge in [0.2, 0.25) is 5.91 Å². The fourth-order valence-corrected chi connectivity index (χ4v) is 6.40. The minimum Gasteiger partial charge on any atom is -0.366 e. The van der Waals surface area contributed by atoms with E-state index in [1.807, 2.05) is 29.3 Å². The molecule has 1 saturated heterocycles. The topological polar surface area (TPSA) is 124 Å². The summed E-state index contributed by atoms with van der Waals surface area (Å²) in [5.41, 5.74) is 1.000. The first-order chi connectivity index (χ1) is 17.6. The molecule has 2 aromatic heterocycles. The van der Waals surface area contributed by atoms with Crippen LogP contribution in [0.1, 0.15) is 52.3 Å². The number of nitrogens with zero attached hydrogens (tertiary/aromatic N) is 5. The number of imidazole rings is 1. The van der Waals surface area contributed by atoms with Crippen molar-refractivity contribution in [3.05, 3.63) is 23.2 Å². The Morgan fingerprint density at radius 3 is 2.46 bits per heavy atom. The van der Waals surface area contributed by atoms with E-state index in [4.69, 9.17) is 22.4 Å². The highest BCUT2D eigenvalue weighted by Gasteiger charge is 2.48. The minimum atomic E-state index is -0.753. The number of rotatable bonds is 7. The fraction of sp³-hybridized carbons (Fsp3) is 0.560. The molecular formula is C25H31ClN8OS2. The number of nitriles is 1. The van der Waals surface area contributed by atoms with Gasteiger partial charge in [-0.1, -0.05) is 37.2 Å². The van der Waals surface area contributed by atoms with E-state index in [0.717, 1.165) is 35.2 Å². The summed E-state index contributed by atoms with van der Waals surface area (Å²) in [6.07, 6.45) is 5.52. The van der Waals surface area contributed by atoms with E-state index in [1.165, 1.54) is 0 Å². The third-order valence-corrected chi connectivity index (χ3v) is 9.59. The third kappa shape index (κ3) is 5.21. The Balaban J connectivity index is 1.47. The monoisotopic (exact) mass is 558 g/mol. The number of amides is 1. The van der Waals surface area contributed by atoms with Gasteiger partial charge in [0.1, 0.15) is 16.0 Å². The van der Waals surface area contributed by atoms with Crippen molar-refractivity contribution in [3.63, 3.8) is 0 Å². The molecular weight excluding hydrogens is 528 g/mol. The Morgan fingerprint density at radius 1 is 1.22 bits per heavy atom. The highest BCUT2D eigenvalue weighted by atomic mass is 35.5. The van der Waals surface area contributed by atoms with Gasteiger partial charge in [0, 0.05) is 48.7 Å². The van der Waals surface area contributed by atoms with E-state index in [0.29, 0.717) is 55.5 Å². The number of pyridine rings is 1. The van der Waals surface area contributed by atoms with Crippen LogP contribution in [0.4, 0.5) is 5.69 Å². The Labute approximate surface area is 230 Å².